The lowest BCUT2D eigenvalue weighted by molar-refractivity contribution is 0.354. The number of hydrogen-bond donors (Lipinski definition) is 0. The molecule has 0 heterocycles. The minimum atomic E-state index is 0.423. The van der Waals surface area contributed by atoms with E-state index in [4.69, 9.17) is 0 Å². The van der Waals surface area contributed by atoms with Gasteiger partial charge in [-0.05, 0) is 51.9 Å². The molecule has 0 radical (unpaired) electrons. The molecule has 0 rings (SSSR count). The SMILES string of the molecule is CCCN(CCC)B(Br)N(CCC)CCC. The van der Waals surface area contributed by atoms with Crippen molar-refractivity contribution in [2.75, 3.05) is 26.2 Å². The Morgan fingerprint density at radius 3 is 1.12 bits per heavy atom. The van der Waals surface area contributed by atoms with Crippen molar-refractivity contribution in [3.63, 3.8) is 0 Å². The van der Waals surface area contributed by atoms with E-state index in [0.717, 1.165) is 0 Å². The Hall–Kier alpha value is 0.465. The third-order valence-electron chi connectivity index (χ3n) is 2.65. The van der Waals surface area contributed by atoms with Crippen molar-refractivity contribution in [3.05, 3.63) is 0 Å². The first kappa shape index (κ1) is 16.5. The smallest absolute Gasteiger partial charge is 0.318 e. The maximum atomic E-state index is 3.87. The Labute approximate surface area is 111 Å². The Morgan fingerprint density at radius 1 is 0.688 bits per heavy atom. The van der Waals surface area contributed by atoms with Gasteiger partial charge in [0.1, 0.15) is 0 Å². The molecule has 96 valence electrons. The number of rotatable bonds is 10. The first-order valence-electron chi connectivity index (χ1n) is 6.83. The molecular formula is C12H28BBrN2. The number of nitrogens with zero attached hydrogens (tertiary/aromatic N) is 2. The second kappa shape index (κ2) is 10.6. The summed E-state index contributed by atoms with van der Waals surface area (Å²) in [6.07, 6.45) is 4.92. The van der Waals surface area contributed by atoms with Crippen LogP contribution in [-0.2, 0) is 0 Å². The highest BCUT2D eigenvalue weighted by molar-refractivity contribution is 9.24. The van der Waals surface area contributed by atoms with Crippen LogP contribution in [0.2, 0.25) is 0 Å². The molecule has 0 aliphatic carbocycles. The highest BCUT2D eigenvalue weighted by atomic mass is 79.9. The van der Waals surface area contributed by atoms with Crippen LogP contribution in [0.1, 0.15) is 53.4 Å². The summed E-state index contributed by atoms with van der Waals surface area (Å²) in [5.41, 5.74) is 0. The standard InChI is InChI=1S/C12H28BBrN2/c1-5-9-15(10-6-2)13(14)16(11-7-3)12-8-4/h5-12H2,1-4H3. The Morgan fingerprint density at radius 2 is 0.938 bits per heavy atom. The topological polar surface area (TPSA) is 6.48 Å². The molecule has 0 aliphatic heterocycles. The summed E-state index contributed by atoms with van der Waals surface area (Å²) >= 11 is 3.87. The molecule has 0 atom stereocenters. The average molecular weight is 291 g/mol. The minimum Gasteiger partial charge on any atom is -0.318 e. The Kier molecular flexibility index (Phi) is 10.9. The molecule has 0 aromatic carbocycles. The van der Waals surface area contributed by atoms with E-state index in [9.17, 15) is 0 Å². The molecule has 0 N–H and O–H groups in total. The van der Waals surface area contributed by atoms with E-state index in [2.05, 4.69) is 53.1 Å². The van der Waals surface area contributed by atoms with Crippen LogP contribution >= 0.6 is 15.8 Å². The maximum Gasteiger partial charge on any atom is 0.390 e. The molecule has 16 heavy (non-hydrogen) atoms. The molecule has 0 saturated carbocycles. The van der Waals surface area contributed by atoms with Crippen molar-refractivity contribution in [3.8, 4) is 0 Å². The van der Waals surface area contributed by atoms with Crippen LogP contribution < -0.4 is 0 Å². The van der Waals surface area contributed by atoms with Gasteiger partial charge < -0.3 is 9.62 Å². The van der Waals surface area contributed by atoms with Crippen molar-refractivity contribution >= 4 is 21.6 Å². The molecule has 0 aliphatic rings. The van der Waals surface area contributed by atoms with Crippen molar-refractivity contribution in [2.45, 2.75) is 53.4 Å². The monoisotopic (exact) mass is 290 g/mol. The molecule has 0 aromatic rings. The first-order chi connectivity index (χ1) is 7.71. The zero-order valence-corrected chi connectivity index (χ0v) is 13.1. The lowest BCUT2D eigenvalue weighted by atomic mass is 10.0. The summed E-state index contributed by atoms with van der Waals surface area (Å²) < 4.78 is 0. The average Bonchev–Trinajstić information content (AvgIpc) is 2.27. The van der Waals surface area contributed by atoms with Gasteiger partial charge in [-0.1, -0.05) is 27.7 Å². The number of hydrogen-bond acceptors (Lipinski definition) is 2. The third-order valence-corrected chi connectivity index (χ3v) is 3.80. The molecule has 0 unspecified atom stereocenters. The van der Waals surface area contributed by atoms with Gasteiger partial charge in [-0.2, -0.15) is 0 Å². The molecule has 0 amide bonds. The zero-order valence-electron chi connectivity index (χ0n) is 11.5. The van der Waals surface area contributed by atoms with Gasteiger partial charge in [-0.3, -0.25) is 0 Å². The quantitative estimate of drug-likeness (QED) is 0.567. The van der Waals surface area contributed by atoms with Gasteiger partial charge >= 0.3 is 5.81 Å². The van der Waals surface area contributed by atoms with Crippen molar-refractivity contribution in [1.82, 2.24) is 9.62 Å². The summed E-state index contributed by atoms with van der Waals surface area (Å²) in [5, 5.41) is 0. The van der Waals surface area contributed by atoms with E-state index in [1.165, 1.54) is 51.9 Å². The van der Waals surface area contributed by atoms with Crippen LogP contribution in [-0.4, -0.2) is 41.6 Å². The van der Waals surface area contributed by atoms with E-state index >= 15 is 0 Å². The molecule has 0 spiro atoms. The maximum absolute atomic E-state index is 3.87. The van der Waals surface area contributed by atoms with Crippen LogP contribution in [0.3, 0.4) is 0 Å². The normalized spacial score (nSPS) is 11.4. The third kappa shape index (κ3) is 6.26. The molecular weight excluding hydrogens is 263 g/mol. The largest absolute Gasteiger partial charge is 0.390 e. The predicted molar refractivity (Wildman–Crippen MR) is 79.0 cm³/mol. The van der Waals surface area contributed by atoms with Crippen molar-refractivity contribution in [1.29, 1.82) is 0 Å². The van der Waals surface area contributed by atoms with Crippen LogP contribution in [0, 0.1) is 0 Å². The van der Waals surface area contributed by atoms with Crippen molar-refractivity contribution in [2.24, 2.45) is 0 Å². The Bertz CT molecular complexity index is 130. The van der Waals surface area contributed by atoms with E-state index in [1.807, 2.05) is 0 Å². The molecule has 2 nitrogen and oxygen atoms in total. The second-order valence-electron chi connectivity index (χ2n) is 4.38. The summed E-state index contributed by atoms with van der Waals surface area (Å²) in [4.78, 5) is 5.09. The lowest BCUT2D eigenvalue weighted by Crippen LogP contribution is -2.50. The van der Waals surface area contributed by atoms with Crippen molar-refractivity contribution < 1.29 is 0 Å². The van der Waals surface area contributed by atoms with E-state index in [0.29, 0.717) is 5.81 Å². The fourth-order valence-electron chi connectivity index (χ4n) is 2.03. The summed E-state index contributed by atoms with van der Waals surface area (Å²) in [6, 6.07) is 0. The number of halogens is 1. The summed E-state index contributed by atoms with van der Waals surface area (Å²) in [5.74, 6) is 0.423. The molecule has 4 heteroatoms. The first-order valence-corrected chi connectivity index (χ1v) is 7.74. The predicted octanol–water partition coefficient (Wildman–Crippen LogP) is 3.61. The molecule has 0 aromatic heterocycles. The van der Waals surface area contributed by atoms with Crippen LogP contribution in [0.25, 0.3) is 0 Å². The summed E-state index contributed by atoms with van der Waals surface area (Å²) in [7, 11) is 0. The van der Waals surface area contributed by atoms with E-state index < -0.39 is 0 Å². The van der Waals surface area contributed by atoms with Gasteiger partial charge in [0, 0.05) is 0 Å². The van der Waals surface area contributed by atoms with Gasteiger partial charge in [-0.15, -0.1) is 15.8 Å². The Balaban J connectivity index is 4.31. The zero-order chi connectivity index (χ0) is 12.4. The molecule has 0 bridgehead atoms. The lowest BCUT2D eigenvalue weighted by Gasteiger charge is -2.33. The molecule has 0 saturated heterocycles. The van der Waals surface area contributed by atoms with Crippen LogP contribution in [0.5, 0.6) is 0 Å². The fourth-order valence-corrected chi connectivity index (χ4v) is 2.85. The van der Waals surface area contributed by atoms with Crippen LogP contribution in [0.4, 0.5) is 0 Å². The van der Waals surface area contributed by atoms with E-state index in [-0.39, 0.29) is 0 Å². The van der Waals surface area contributed by atoms with Crippen LogP contribution in [0.15, 0.2) is 0 Å². The van der Waals surface area contributed by atoms with Gasteiger partial charge in [0.05, 0.1) is 0 Å². The van der Waals surface area contributed by atoms with Gasteiger partial charge in [0.2, 0.25) is 0 Å². The fraction of sp³-hybridized carbons (Fsp3) is 1.00. The van der Waals surface area contributed by atoms with Gasteiger partial charge in [0.15, 0.2) is 0 Å². The minimum absolute atomic E-state index is 0.423. The molecule has 0 fully saturated rings. The van der Waals surface area contributed by atoms with E-state index in [1.54, 1.807) is 0 Å². The van der Waals surface area contributed by atoms with Gasteiger partial charge in [0.25, 0.3) is 0 Å². The second-order valence-corrected chi connectivity index (χ2v) is 5.20. The summed E-state index contributed by atoms with van der Waals surface area (Å²) in [6.45, 7) is 13.8. The highest BCUT2D eigenvalue weighted by Gasteiger charge is 2.25. The van der Waals surface area contributed by atoms with Gasteiger partial charge in [-0.25, -0.2) is 0 Å². The highest BCUT2D eigenvalue weighted by Crippen LogP contribution is 2.11.